The molecule has 1 aromatic rings. The fourth-order valence-corrected chi connectivity index (χ4v) is 2.68. The van der Waals surface area contributed by atoms with Gasteiger partial charge in [0.05, 0.1) is 12.1 Å². The van der Waals surface area contributed by atoms with Crippen molar-refractivity contribution in [2.45, 2.75) is 44.8 Å². The second kappa shape index (κ2) is 5.15. The molecule has 0 aliphatic heterocycles. The van der Waals surface area contributed by atoms with E-state index in [2.05, 4.69) is 0 Å². The van der Waals surface area contributed by atoms with E-state index in [1.165, 1.54) is 6.07 Å². The Balaban J connectivity index is 2.15. The lowest BCUT2D eigenvalue weighted by molar-refractivity contribution is 0.0833. The third-order valence-corrected chi connectivity index (χ3v) is 3.77. The number of aliphatic hydroxyl groups excluding tert-OH is 1. The summed E-state index contributed by atoms with van der Waals surface area (Å²) in [7, 11) is 0. The first kappa shape index (κ1) is 12.5. The van der Waals surface area contributed by atoms with Crippen LogP contribution < -0.4 is 5.73 Å². The standard InChI is InChI=1S/C14H20FNO/c1-9-6-7-11(12(15)8-9)13(16)14(17)10-4-2-3-5-10/h6-8,10,13-14,17H,2-5,16H2,1H3/t13-,14+/m0/s1. The zero-order valence-corrected chi connectivity index (χ0v) is 10.2. The lowest BCUT2D eigenvalue weighted by atomic mass is 9.90. The van der Waals surface area contributed by atoms with Crippen molar-refractivity contribution >= 4 is 0 Å². The van der Waals surface area contributed by atoms with Crippen molar-refractivity contribution in [1.82, 2.24) is 0 Å². The van der Waals surface area contributed by atoms with Gasteiger partial charge in [0, 0.05) is 5.56 Å². The molecule has 2 atom stereocenters. The summed E-state index contributed by atoms with van der Waals surface area (Å²) in [4.78, 5) is 0. The molecule has 0 amide bonds. The normalized spacial score (nSPS) is 20.5. The average molecular weight is 237 g/mol. The highest BCUT2D eigenvalue weighted by molar-refractivity contribution is 5.26. The molecule has 1 aliphatic carbocycles. The van der Waals surface area contributed by atoms with Gasteiger partial charge in [0.1, 0.15) is 5.82 Å². The summed E-state index contributed by atoms with van der Waals surface area (Å²) in [5.74, 6) is -0.0831. The molecule has 0 saturated heterocycles. The summed E-state index contributed by atoms with van der Waals surface area (Å²) in [6.07, 6.45) is 3.66. The van der Waals surface area contributed by atoms with E-state index < -0.39 is 12.1 Å². The minimum atomic E-state index is -0.630. The van der Waals surface area contributed by atoms with Gasteiger partial charge < -0.3 is 10.8 Å². The predicted octanol–water partition coefficient (Wildman–Crippen LogP) is 2.69. The van der Waals surface area contributed by atoms with Crippen LogP contribution in [-0.4, -0.2) is 11.2 Å². The Kier molecular flexibility index (Phi) is 3.79. The van der Waals surface area contributed by atoms with Gasteiger partial charge in [0.2, 0.25) is 0 Å². The van der Waals surface area contributed by atoms with Crippen molar-refractivity contribution in [3.05, 3.63) is 35.1 Å². The van der Waals surface area contributed by atoms with Crippen LogP contribution in [0.3, 0.4) is 0 Å². The highest BCUT2D eigenvalue weighted by Crippen LogP contribution is 2.33. The van der Waals surface area contributed by atoms with E-state index in [0.717, 1.165) is 31.2 Å². The Labute approximate surface area is 102 Å². The van der Waals surface area contributed by atoms with Crippen molar-refractivity contribution in [2.24, 2.45) is 11.7 Å². The van der Waals surface area contributed by atoms with Crippen molar-refractivity contribution in [3.8, 4) is 0 Å². The van der Waals surface area contributed by atoms with Gasteiger partial charge in [-0.15, -0.1) is 0 Å². The maximum absolute atomic E-state index is 13.8. The molecule has 0 aromatic heterocycles. The molecule has 1 fully saturated rings. The molecule has 3 N–H and O–H groups in total. The fourth-order valence-electron chi connectivity index (χ4n) is 2.68. The van der Waals surface area contributed by atoms with E-state index in [-0.39, 0.29) is 11.7 Å². The minimum Gasteiger partial charge on any atom is -0.391 e. The predicted molar refractivity (Wildman–Crippen MR) is 66.0 cm³/mol. The van der Waals surface area contributed by atoms with Crippen LogP contribution in [0, 0.1) is 18.7 Å². The molecular weight excluding hydrogens is 217 g/mol. The summed E-state index contributed by atoms with van der Waals surface area (Å²) in [6, 6.07) is 4.38. The first-order chi connectivity index (χ1) is 8.09. The van der Waals surface area contributed by atoms with Crippen LogP contribution in [0.1, 0.15) is 42.9 Å². The molecule has 3 heteroatoms. The zero-order valence-electron chi connectivity index (χ0n) is 10.2. The molecular formula is C14H20FNO. The topological polar surface area (TPSA) is 46.2 Å². The van der Waals surface area contributed by atoms with E-state index in [9.17, 15) is 9.50 Å². The molecule has 2 rings (SSSR count). The van der Waals surface area contributed by atoms with Crippen LogP contribution in [0.5, 0.6) is 0 Å². The van der Waals surface area contributed by atoms with Gasteiger partial charge in [-0.25, -0.2) is 4.39 Å². The molecule has 0 radical (unpaired) electrons. The number of benzene rings is 1. The molecule has 0 unspecified atom stereocenters. The molecule has 0 heterocycles. The fraction of sp³-hybridized carbons (Fsp3) is 0.571. The smallest absolute Gasteiger partial charge is 0.128 e. The van der Waals surface area contributed by atoms with E-state index >= 15 is 0 Å². The summed E-state index contributed by atoms with van der Waals surface area (Å²) < 4.78 is 13.8. The second-order valence-corrected chi connectivity index (χ2v) is 5.09. The van der Waals surface area contributed by atoms with Crippen LogP contribution in [0.15, 0.2) is 18.2 Å². The van der Waals surface area contributed by atoms with E-state index in [1.807, 2.05) is 13.0 Å². The van der Waals surface area contributed by atoms with Crippen LogP contribution in [-0.2, 0) is 0 Å². The van der Waals surface area contributed by atoms with E-state index in [4.69, 9.17) is 5.73 Å². The molecule has 94 valence electrons. The number of rotatable bonds is 3. The molecule has 17 heavy (non-hydrogen) atoms. The summed E-state index contributed by atoms with van der Waals surface area (Å²) in [5, 5.41) is 10.2. The van der Waals surface area contributed by atoms with Gasteiger partial charge in [0.15, 0.2) is 0 Å². The molecule has 0 spiro atoms. The van der Waals surface area contributed by atoms with Gasteiger partial charge in [0.25, 0.3) is 0 Å². The Hall–Kier alpha value is -0.930. The van der Waals surface area contributed by atoms with Crippen molar-refractivity contribution < 1.29 is 9.50 Å². The second-order valence-electron chi connectivity index (χ2n) is 5.09. The maximum atomic E-state index is 13.8. The summed E-state index contributed by atoms with van der Waals surface area (Å²) in [6.45, 7) is 1.84. The third-order valence-electron chi connectivity index (χ3n) is 3.77. The van der Waals surface area contributed by atoms with Crippen molar-refractivity contribution in [1.29, 1.82) is 0 Å². The third kappa shape index (κ3) is 2.67. The van der Waals surface area contributed by atoms with Crippen LogP contribution in [0.25, 0.3) is 0 Å². The first-order valence-electron chi connectivity index (χ1n) is 6.29. The van der Waals surface area contributed by atoms with Crippen LogP contribution in [0.2, 0.25) is 0 Å². The molecule has 2 nitrogen and oxygen atoms in total. The molecule has 1 aromatic carbocycles. The summed E-state index contributed by atoms with van der Waals surface area (Å²) >= 11 is 0. The molecule has 1 saturated carbocycles. The Morgan fingerprint density at radius 1 is 1.35 bits per heavy atom. The average Bonchev–Trinajstić information content (AvgIpc) is 2.80. The monoisotopic (exact) mass is 237 g/mol. The highest BCUT2D eigenvalue weighted by atomic mass is 19.1. The largest absolute Gasteiger partial charge is 0.391 e. The Bertz CT molecular complexity index is 388. The lowest BCUT2D eigenvalue weighted by Crippen LogP contribution is -2.32. The highest BCUT2D eigenvalue weighted by Gasteiger charge is 2.29. The lowest BCUT2D eigenvalue weighted by Gasteiger charge is -2.25. The molecule has 0 bridgehead atoms. The maximum Gasteiger partial charge on any atom is 0.128 e. The zero-order chi connectivity index (χ0) is 12.4. The first-order valence-corrected chi connectivity index (χ1v) is 6.29. The summed E-state index contributed by atoms with van der Waals surface area (Å²) in [5.41, 5.74) is 7.27. The van der Waals surface area contributed by atoms with Gasteiger partial charge in [-0.05, 0) is 37.3 Å². The molecule has 1 aliphatic rings. The number of hydrogen-bond donors (Lipinski definition) is 2. The van der Waals surface area contributed by atoms with Gasteiger partial charge in [-0.2, -0.15) is 0 Å². The number of nitrogens with two attached hydrogens (primary N) is 1. The van der Waals surface area contributed by atoms with Crippen molar-refractivity contribution in [3.63, 3.8) is 0 Å². The quantitative estimate of drug-likeness (QED) is 0.849. The minimum absolute atomic E-state index is 0.228. The Morgan fingerprint density at radius 3 is 2.59 bits per heavy atom. The van der Waals surface area contributed by atoms with Gasteiger partial charge in [-0.1, -0.05) is 25.0 Å². The SMILES string of the molecule is Cc1ccc([C@H](N)[C@H](O)C2CCCC2)c(F)c1. The number of aryl methyl sites for hydroxylation is 1. The number of hydrogen-bond acceptors (Lipinski definition) is 2. The Morgan fingerprint density at radius 2 is 2.00 bits per heavy atom. The van der Waals surface area contributed by atoms with Gasteiger partial charge in [-0.3, -0.25) is 0 Å². The van der Waals surface area contributed by atoms with E-state index in [1.54, 1.807) is 6.07 Å². The van der Waals surface area contributed by atoms with E-state index in [0.29, 0.717) is 5.56 Å². The van der Waals surface area contributed by atoms with Crippen LogP contribution in [0.4, 0.5) is 4.39 Å². The number of halogens is 1. The van der Waals surface area contributed by atoms with Crippen LogP contribution >= 0.6 is 0 Å². The van der Waals surface area contributed by atoms with Crippen molar-refractivity contribution in [2.75, 3.05) is 0 Å². The van der Waals surface area contributed by atoms with Gasteiger partial charge >= 0.3 is 0 Å². The number of aliphatic hydroxyl groups is 1.